The Labute approximate surface area is 153 Å². The molecule has 0 atom stereocenters. The molecule has 1 spiro atoms. The lowest BCUT2D eigenvalue weighted by molar-refractivity contribution is -0.256. The van der Waals surface area contributed by atoms with E-state index in [9.17, 15) is 4.79 Å². The molecule has 4 nitrogen and oxygen atoms in total. The Bertz CT molecular complexity index is 805. The van der Waals surface area contributed by atoms with Gasteiger partial charge in [0.2, 0.25) is 0 Å². The topological polar surface area (TPSA) is 38.8 Å². The van der Waals surface area contributed by atoms with Crippen molar-refractivity contribution in [1.82, 2.24) is 0 Å². The van der Waals surface area contributed by atoms with Crippen LogP contribution in [0.2, 0.25) is 5.02 Å². The van der Waals surface area contributed by atoms with Crippen LogP contribution in [0.15, 0.2) is 46.9 Å². The lowest BCUT2D eigenvalue weighted by Crippen LogP contribution is -2.47. The first-order valence-electron chi connectivity index (χ1n) is 7.75. The molecule has 1 fully saturated rings. The van der Waals surface area contributed by atoms with Crippen LogP contribution in [-0.4, -0.2) is 19.1 Å². The fraction of sp³-hybridized carbons (Fsp3) is 0.278. The van der Waals surface area contributed by atoms with E-state index in [4.69, 9.17) is 21.1 Å². The van der Waals surface area contributed by atoms with E-state index in [1.165, 1.54) is 0 Å². The zero-order valence-corrected chi connectivity index (χ0v) is 15.1. The van der Waals surface area contributed by atoms with E-state index < -0.39 is 5.79 Å². The Morgan fingerprint density at radius 1 is 1.17 bits per heavy atom. The number of amides is 1. The van der Waals surface area contributed by atoms with Crippen molar-refractivity contribution in [1.29, 1.82) is 0 Å². The molecule has 0 saturated carbocycles. The van der Waals surface area contributed by atoms with Crippen molar-refractivity contribution < 1.29 is 14.3 Å². The lowest BCUT2D eigenvalue weighted by atomic mass is 10.1. The number of hydrogen-bond donors (Lipinski definition) is 0. The highest BCUT2D eigenvalue weighted by Crippen LogP contribution is 2.46. The van der Waals surface area contributed by atoms with Crippen LogP contribution in [-0.2, 0) is 26.6 Å². The molecule has 0 unspecified atom stereocenters. The van der Waals surface area contributed by atoms with Gasteiger partial charge in [0.05, 0.1) is 25.4 Å². The van der Waals surface area contributed by atoms with Crippen molar-refractivity contribution in [2.24, 2.45) is 0 Å². The van der Waals surface area contributed by atoms with E-state index in [-0.39, 0.29) is 5.91 Å². The molecule has 2 aromatic rings. The van der Waals surface area contributed by atoms with Gasteiger partial charge in [-0.2, -0.15) is 0 Å². The fourth-order valence-electron chi connectivity index (χ4n) is 3.17. The Morgan fingerprint density at radius 3 is 2.67 bits per heavy atom. The Kier molecular flexibility index (Phi) is 4.12. The number of carbonyl (C=O) groups excluding carboxylic acids is 1. The van der Waals surface area contributed by atoms with E-state index in [2.05, 4.69) is 15.9 Å². The average molecular weight is 409 g/mol. The standard InChI is InChI=1S/C18H15BrClNO3/c19-13-6-7-16-14(10-13)18(23-8-3-9-24-18)17(22)21(16)11-12-4-1-2-5-15(12)20/h1-2,4-7,10H,3,8-9,11H2. The molecule has 24 heavy (non-hydrogen) atoms. The van der Waals surface area contributed by atoms with Gasteiger partial charge in [0, 0.05) is 15.1 Å². The highest BCUT2D eigenvalue weighted by Gasteiger charge is 2.54. The van der Waals surface area contributed by atoms with Gasteiger partial charge in [-0.05, 0) is 36.2 Å². The largest absolute Gasteiger partial charge is 0.338 e. The van der Waals surface area contributed by atoms with Crippen molar-refractivity contribution >= 4 is 39.1 Å². The molecule has 0 aromatic heterocycles. The zero-order chi connectivity index (χ0) is 16.7. The first kappa shape index (κ1) is 16.1. The smallest absolute Gasteiger partial charge is 0.292 e. The molecule has 0 N–H and O–H groups in total. The number of fused-ring (bicyclic) bond motifs is 2. The van der Waals surface area contributed by atoms with Gasteiger partial charge in [-0.15, -0.1) is 0 Å². The molecular weight excluding hydrogens is 394 g/mol. The number of ether oxygens (including phenoxy) is 2. The molecule has 1 saturated heterocycles. The number of carbonyl (C=O) groups is 1. The van der Waals surface area contributed by atoms with Crippen molar-refractivity contribution in [3.05, 3.63) is 63.1 Å². The Balaban J connectivity index is 1.79. The molecule has 0 radical (unpaired) electrons. The second kappa shape index (κ2) is 6.15. The van der Waals surface area contributed by atoms with Gasteiger partial charge in [-0.3, -0.25) is 4.79 Å². The summed E-state index contributed by atoms with van der Waals surface area (Å²) in [5.74, 6) is -1.53. The Morgan fingerprint density at radius 2 is 1.92 bits per heavy atom. The third-order valence-electron chi connectivity index (χ3n) is 4.32. The summed E-state index contributed by atoms with van der Waals surface area (Å²) in [6.45, 7) is 1.37. The highest BCUT2D eigenvalue weighted by molar-refractivity contribution is 9.10. The highest BCUT2D eigenvalue weighted by atomic mass is 79.9. The molecule has 0 aliphatic carbocycles. The SMILES string of the molecule is O=C1N(Cc2ccccc2Cl)c2ccc(Br)cc2C12OCCCO2. The third kappa shape index (κ3) is 2.47. The maximum absolute atomic E-state index is 13.2. The van der Waals surface area contributed by atoms with Gasteiger partial charge in [0.15, 0.2) is 0 Å². The quantitative estimate of drug-likeness (QED) is 0.746. The van der Waals surface area contributed by atoms with E-state index in [0.717, 1.165) is 27.7 Å². The molecular formula is C18H15BrClNO3. The minimum Gasteiger partial charge on any atom is -0.338 e. The van der Waals surface area contributed by atoms with Gasteiger partial charge in [0.25, 0.3) is 11.7 Å². The minimum atomic E-state index is -1.33. The van der Waals surface area contributed by atoms with Gasteiger partial charge in [-0.1, -0.05) is 45.7 Å². The predicted octanol–water partition coefficient (Wildman–Crippen LogP) is 4.24. The summed E-state index contributed by atoms with van der Waals surface area (Å²) >= 11 is 9.74. The van der Waals surface area contributed by atoms with Crippen LogP contribution < -0.4 is 4.90 Å². The maximum atomic E-state index is 13.2. The summed E-state index contributed by atoms with van der Waals surface area (Å²) in [4.78, 5) is 14.9. The molecule has 1 amide bonds. The van der Waals surface area contributed by atoms with E-state index in [1.807, 2.05) is 42.5 Å². The molecule has 2 aromatic carbocycles. The van der Waals surface area contributed by atoms with Crippen LogP contribution in [0.1, 0.15) is 17.5 Å². The predicted molar refractivity (Wildman–Crippen MR) is 95.0 cm³/mol. The minimum absolute atomic E-state index is 0.199. The first-order chi connectivity index (χ1) is 11.6. The number of anilines is 1. The van der Waals surface area contributed by atoms with E-state index >= 15 is 0 Å². The summed E-state index contributed by atoms with van der Waals surface area (Å²) in [5.41, 5.74) is 2.42. The number of benzene rings is 2. The fourth-order valence-corrected chi connectivity index (χ4v) is 3.73. The number of nitrogens with zero attached hydrogens (tertiary/aromatic N) is 1. The van der Waals surface area contributed by atoms with Crippen molar-refractivity contribution in [3.8, 4) is 0 Å². The summed E-state index contributed by atoms with van der Waals surface area (Å²) < 4.78 is 12.6. The van der Waals surface area contributed by atoms with Crippen LogP contribution >= 0.6 is 27.5 Å². The molecule has 124 valence electrons. The number of hydrogen-bond acceptors (Lipinski definition) is 3. The molecule has 2 aliphatic rings. The van der Waals surface area contributed by atoms with Crippen molar-refractivity contribution in [2.75, 3.05) is 18.1 Å². The summed E-state index contributed by atoms with van der Waals surface area (Å²) in [6.07, 6.45) is 0.781. The second-order valence-corrected chi connectivity index (χ2v) is 7.13. The normalized spacial score (nSPS) is 18.9. The molecule has 6 heteroatoms. The van der Waals surface area contributed by atoms with Crippen LogP contribution in [0, 0.1) is 0 Å². The molecule has 2 aliphatic heterocycles. The number of rotatable bonds is 2. The third-order valence-corrected chi connectivity index (χ3v) is 5.18. The van der Waals surface area contributed by atoms with Gasteiger partial charge in [0.1, 0.15) is 0 Å². The van der Waals surface area contributed by atoms with Gasteiger partial charge < -0.3 is 14.4 Å². The monoisotopic (exact) mass is 407 g/mol. The molecule has 2 heterocycles. The van der Waals surface area contributed by atoms with E-state index in [0.29, 0.717) is 24.8 Å². The van der Waals surface area contributed by atoms with Crippen LogP contribution in [0.4, 0.5) is 5.69 Å². The average Bonchev–Trinajstić information content (AvgIpc) is 2.80. The Hall–Kier alpha value is -1.40. The molecule has 0 bridgehead atoms. The molecule has 4 rings (SSSR count). The van der Waals surface area contributed by atoms with Crippen molar-refractivity contribution in [2.45, 2.75) is 18.8 Å². The van der Waals surface area contributed by atoms with Crippen LogP contribution in [0.25, 0.3) is 0 Å². The summed E-state index contributed by atoms with van der Waals surface area (Å²) in [7, 11) is 0. The number of halogens is 2. The van der Waals surface area contributed by atoms with Gasteiger partial charge in [-0.25, -0.2) is 0 Å². The van der Waals surface area contributed by atoms with Crippen molar-refractivity contribution in [3.63, 3.8) is 0 Å². The summed E-state index contributed by atoms with van der Waals surface area (Å²) in [6, 6.07) is 13.2. The van der Waals surface area contributed by atoms with Gasteiger partial charge >= 0.3 is 0 Å². The second-order valence-electron chi connectivity index (χ2n) is 5.81. The van der Waals surface area contributed by atoms with Crippen LogP contribution in [0.5, 0.6) is 0 Å². The maximum Gasteiger partial charge on any atom is 0.292 e. The lowest BCUT2D eigenvalue weighted by Gasteiger charge is -2.32. The van der Waals surface area contributed by atoms with Crippen LogP contribution in [0.3, 0.4) is 0 Å². The first-order valence-corrected chi connectivity index (χ1v) is 8.92. The zero-order valence-electron chi connectivity index (χ0n) is 12.8. The summed E-state index contributed by atoms with van der Waals surface area (Å²) in [5, 5.41) is 0.635. The van der Waals surface area contributed by atoms with E-state index in [1.54, 1.807) is 4.90 Å².